The largest absolute Gasteiger partial charge is 0.378 e. The summed E-state index contributed by atoms with van der Waals surface area (Å²) in [6.45, 7) is 4.56. The molecule has 1 aliphatic rings. The molecule has 0 atom stereocenters. The number of alkyl halides is 1. The molecular formula is C16H20ClFN2O. The number of rotatable bonds is 5. The molecule has 1 saturated carbocycles. The summed E-state index contributed by atoms with van der Waals surface area (Å²) in [6.07, 6.45) is 3.02. The van der Waals surface area contributed by atoms with Crippen molar-refractivity contribution in [3.63, 3.8) is 0 Å². The van der Waals surface area contributed by atoms with E-state index in [2.05, 4.69) is 9.55 Å². The van der Waals surface area contributed by atoms with Crippen molar-refractivity contribution in [1.82, 2.24) is 9.55 Å². The van der Waals surface area contributed by atoms with Crippen LogP contribution in [0.15, 0.2) is 12.1 Å². The average molecular weight is 311 g/mol. The summed E-state index contributed by atoms with van der Waals surface area (Å²) in [5, 5.41) is 0. The Kier molecular flexibility index (Phi) is 4.18. The van der Waals surface area contributed by atoms with E-state index in [0.29, 0.717) is 30.0 Å². The maximum atomic E-state index is 13.7. The first-order chi connectivity index (χ1) is 10.1. The molecule has 0 bridgehead atoms. The van der Waals surface area contributed by atoms with Crippen LogP contribution in [-0.2, 0) is 11.2 Å². The highest BCUT2D eigenvalue weighted by Crippen LogP contribution is 2.38. The van der Waals surface area contributed by atoms with Gasteiger partial charge in [0.15, 0.2) is 0 Å². The van der Waals surface area contributed by atoms with Crippen molar-refractivity contribution >= 4 is 22.6 Å². The number of hydrogen-bond acceptors (Lipinski definition) is 2. The summed E-state index contributed by atoms with van der Waals surface area (Å²) < 4.78 is 21.6. The highest BCUT2D eigenvalue weighted by atomic mass is 35.5. The number of aromatic nitrogens is 2. The lowest BCUT2D eigenvalue weighted by Crippen LogP contribution is -2.34. The Hall–Kier alpha value is -1.13. The van der Waals surface area contributed by atoms with Crippen LogP contribution in [-0.4, -0.2) is 28.1 Å². The molecular weight excluding hydrogens is 291 g/mol. The van der Waals surface area contributed by atoms with E-state index < -0.39 is 0 Å². The summed E-state index contributed by atoms with van der Waals surface area (Å²) in [4.78, 5) is 4.58. The van der Waals surface area contributed by atoms with Gasteiger partial charge in [0.05, 0.1) is 17.1 Å². The molecule has 1 aliphatic carbocycles. The average Bonchev–Trinajstić information content (AvgIpc) is 2.72. The van der Waals surface area contributed by atoms with Gasteiger partial charge in [-0.1, -0.05) is 0 Å². The highest BCUT2D eigenvalue weighted by Gasteiger charge is 2.33. The summed E-state index contributed by atoms with van der Waals surface area (Å²) in [6, 6.07) is 3.80. The Morgan fingerprint density at radius 3 is 2.86 bits per heavy atom. The molecule has 1 heterocycles. The molecule has 1 fully saturated rings. The van der Waals surface area contributed by atoms with Crippen molar-refractivity contribution < 1.29 is 9.13 Å². The Balaban J connectivity index is 1.98. The van der Waals surface area contributed by atoms with Crippen LogP contribution in [0.3, 0.4) is 0 Å². The second-order valence-electron chi connectivity index (χ2n) is 5.63. The SMILES string of the molecule is CCOC1CC(n2c(CCCl)nc3cc(F)c(C)cc32)C1. The number of halogens is 2. The lowest BCUT2D eigenvalue weighted by molar-refractivity contribution is -0.0192. The number of hydrogen-bond donors (Lipinski definition) is 0. The normalized spacial score (nSPS) is 21.7. The van der Waals surface area contributed by atoms with Crippen LogP contribution in [0.5, 0.6) is 0 Å². The van der Waals surface area contributed by atoms with Gasteiger partial charge < -0.3 is 9.30 Å². The fourth-order valence-electron chi connectivity index (χ4n) is 3.06. The summed E-state index contributed by atoms with van der Waals surface area (Å²) in [5.41, 5.74) is 2.38. The molecule has 2 aromatic rings. The third-order valence-corrected chi connectivity index (χ3v) is 4.39. The van der Waals surface area contributed by atoms with E-state index in [1.54, 1.807) is 6.92 Å². The second-order valence-corrected chi connectivity index (χ2v) is 6.01. The summed E-state index contributed by atoms with van der Waals surface area (Å²) >= 11 is 5.89. The standard InChI is InChI=1S/C16H20ClFN2O/c1-3-21-12-7-11(8-12)20-15-6-10(2)13(18)9-14(15)19-16(20)4-5-17/h6,9,11-12H,3-5,7-8H2,1-2H3. The van der Waals surface area contributed by atoms with Crippen LogP contribution in [0, 0.1) is 12.7 Å². The quantitative estimate of drug-likeness (QED) is 0.780. The molecule has 0 radical (unpaired) electrons. The van der Waals surface area contributed by atoms with Gasteiger partial charge in [0, 0.05) is 31.0 Å². The first-order valence-corrected chi connectivity index (χ1v) is 8.02. The first-order valence-electron chi connectivity index (χ1n) is 7.48. The second kappa shape index (κ2) is 5.93. The minimum Gasteiger partial charge on any atom is -0.378 e. The van der Waals surface area contributed by atoms with Gasteiger partial charge in [-0.2, -0.15) is 0 Å². The zero-order valence-electron chi connectivity index (χ0n) is 12.4. The fourth-order valence-corrected chi connectivity index (χ4v) is 3.23. The van der Waals surface area contributed by atoms with Crippen LogP contribution in [0.4, 0.5) is 4.39 Å². The summed E-state index contributed by atoms with van der Waals surface area (Å²) in [5.74, 6) is 1.27. The highest BCUT2D eigenvalue weighted by molar-refractivity contribution is 6.17. The van der Waals surface area contributed by atoms with E-state index in [9.17, 15) is 4.39 Å². The van der Waals surface area contributed by atoms with Gasteiger partial charge in [-0.25, -0.2) is 9.37 Å². The molecule has 114 valence electrons. The van der Waals surface area contributed by atoms with E-state index >= 15 is 0 Å². The minimum absolute atomic E-state index is 0.203. The predicted octanol–water partition coefficient (Wildman–Crippen LogP) is 4.01. The number of aryl methyl sites for hydroxylation is 2. The van der Waals surface area contributed by atoms with E-state index in [1.807, 2.05) is 13.0 Å². The van der Waals surface area contributed by atoms with Gasteiger partial charge in [0.2, 0.25) is 0 Å². The fraction of sp³-hybridized carbons (Fsp3) is 0.562. The lowest BCUT2D eigenvalue weighted by atomic mass is 9.88. The van der Waals surface area contributed by atoms with Crippen molar-refractivity contribution in [1.29, 1.82) is 0 Å². The molecule has 0 spiro atoms. The Bertz CT molecular complexity index is 649. The third-order valence-electron chi connectivity index (χ3n) is 4.20. The van der Waals surface area contributed by atoms with Gasteiger partial charge in [-0.3, -0.25) is 0 Å². The topological polar surface area (TPSA) is 27.1 Å². The third kappa shape index (κ3) is 2.67. The zero-order chi connectivity index (χ0) is 15.0. The molecule has 0 amide bonds. The van der Waals surface area contributed by atoms with Crippen LogP contribution in [0.2, 0.25) is 0 Å². The molecule has 5 heteroatoms. The van der Waals surface area contributed by atoms with Gasteiger partial charge >= 0.3 is 0 Å². The van der Waals surface area contributed by atoms with Crippen molar-refractivity contribution in [2.45, 2.75) is 45.3 Å². The van der Waals surface area contributed by atoms with Gasteiger partial charge in [-0.15, -0.1) is 11.6 Å². The summed E-state index contributed by atoms with van der Waals surface area (Å²) in [7, 11) is 0. The van der Waals surface area contributed by atoms with Crippen LogP contribution < -0.4 is 0 Å². The van der Waals surface area contributed by atoms with E-state index in [4.69, 9.17) is 16.3 Å². The molecule has 3 nitrogen and oxygen atoms in total. The number of fused-ring (bicyclic) bond motifs is 1. The van der Waals surface area contributed by atoms with E-state index in [1.165, 1.54) is 6.07 Å². The molecule has 0 unspecified atom stereocenters. The van der Waals surface area contributed by atoms with Gasteiger partial charge in [0.1, 0.15) is 11.6 Å². The number of benzene rings is 1. The zero-order valence-corrected chi connectivity index (χ0v) is 13.2. The Morgan fingerprint density at radius 2 is 2.19 bits per heavy atom. The Labute approximate surface area is 129 Å². The molecule has 1 aromatic carbocycles. The smallest absolute Gasteiger partial charge is 0.128 e. The minimum atomic E-state index is -0.203. The van der Waals surface area contributed by atoms with Gasteiger partial charge in [0.25, 0.3) is 0 Å². The molecule has 21 heavy (non-hydrogen) atoms. The van der Waals surface area contributed by atoms with Crippen LogP contribution in [0.25, 0.3) is 11.0 Å². The van der Waals surface area contributed by atoms with Crippen molar-refractivity contribution in [2.24, 2.45) is 0 Å². The molecule has 3 rings (SSSR count). The Morgan fingerprint density at radius 1 is 1.43 bits per heavy atom. The van der Waals surface area contributed by atoms with E-state index in [-0.39, 0.29) is 5.82 Å². The van der Waals surface area contributed by atoms with Gasteiger partial charge in [-0.05, 0) is 38.3 Å². The van der Waals surface area contributed by atoms with E-state index in [0.717, 1.165) is 36.3 Å². The van der Waals surface area contributed by atoms with Crippen molar-refractivity contribution in [2.75, 3.05) is 12.5 Å². The predicted molar refractivity (Wildman–Crippen MR) is 82.5 cm³/mol. The molecule has 0 saturated heterocycles. The maximum absolute atomic E-state index is 13.7. The number of nitrogens with zero attached hydrogens (tertiary/aromatic N) is 2. The number of imidazole rings is 1. The molecule has 1 aromatic heterocycles. The van der Waals surface area contributed by atoms with Crippen molar-refractivity contribution in [3.05, 3.63) is 29.3 Å². The van der Waals surface area contributed by atoms with Crippen LogP contribution >= 0.6 is 11.6 Å². The monoisotopic (exact) mass is 310 g/mol. The number of ether oxygens (including phenoxy) is 1. The maximum Gasteiger partial charge on any atom is 0.128 e. The molecule has 0 N–H and O–H groups in total. The lowest BCUT2D eigenvalue weighted by Gasteiger charge is -2.37. The van der Waals surface area contributed by atoms with Crippen LogP contribution in [0.1, 0.15) is 37.2 Å². The van der Waals surface area contributed by atoms with Crippen molar-refractivity contribution in [3.8, 4) is 0 Å². The first kappa shape index (κ1) is 14.8. The molecule has 0 aliphatic heterocycles.